The number of rotatable bonds is 4. The molecule has 0 aromatic heterocycles. The first kappa shape index (κ1) is 15.9. The summed E-state index contributed by atoms with van der Waals surface area (Å²) in [5, 5.41) is 0. The summed E-state index contributed by atoms with van der Waals surface area (Å²) >= 11 is 3.37. The van der Waals surface area contributed by atoms with Crippen molar-refractivity contribution in [2.45, 2.75) is 13.5 Å². The van der Waals surface area contributed by atoms with Crippen LogP contribution in [0.4, 0.5) is 5.69 Å². The van der Waals surface area contributed by atoms with Crippen molar-refractivity contribution in [3.05, 3.63) is 75.0 Å². The van der Waals surface area contributed by atoms with E-state index < -0.39 is 0 Å². The summed E-state index contributed by atoms with van der Waals surface area (Å²) < 4.78 is 5.74. The van der Waals surface area contributed by atoms with Gasteiger partial charge >= 0.3 is 5.97 Å². The van der Waals surface area contributed by atoms with Crippen LogP contribution >= 0.6 is 15.9 Å². The zero-order chi connectivity index (χ0) is 16.1. The molecule has 0 saturated heterocycles. The van der Waals surface area contributed by atoms with Crippen LogP contribution in [-0.4, -0.2) is 11.8 Å². The minimum absolute atomic E-state index is 0.105. The third kappa shape index (κ3) is 3.80. The van der Waals surface area contributed by atoms with Crippen LogP contribution in [-0.2, 0) is 16.1 Å². The second-order valence-electron chi connectivity index (χ2n) is 4.57. The Balaban J connectivity index is 2.27. The van der Waals surface area contributed by atoms with Crippen LogP contribution in [0, 0.1) is 6.57 Å². The van der Waals surface area contributed by atoms with Crippen molar-refractivity contribution >= 4 is 33.4 Å². The molecule has 2 rings (SSSR count). The lowest BCUT2D eigenvalue weighted by molar-refractivity contribution is -0.142. The molecule has 2 aromatic carbocycles. The summed E-state index contributed by atoms with van der Waals surface area (Å²) in [6, 6.07) is 11.6. The number of esters is 1. The number of carbonyl (C=O) groups is 2. The van der Waals surface area contributed by atoms with Gasteiger partial charge in [0.05, 0.1) is 6.57 Å². The van der Waals surface area contributed by atoms with Gasteiger partial charge in [0.1, 0.15) is 6.61 Å². The topological polar surface area (TPSA) is 47.7 Å². The Morgan fingerprint density at radius 3 is 2.36 bits per heavy atom. The Kier molecular flexibility index (Phi) is 5.08. The molecule has 0 radical (unpaired) electrons. The Morgan fingerprint density at radius 2 is 1.77 bits per heavy atom. The second-order valence-corrected chi connectivity index (χ2v) is 5.43. The molecule has 0 atom stereocenters. The van der Waals surface area contributed by atoms with Crippen LogP contribution in [0.2, 0.25) is 0 Å². The van der Waals surface area contributed by atoms with Gasteiger partial charge in [-0.1, -0.05) is 40.2 Å². The zero-order valence-corrected chi connectivity index (χ0v) is 13.4. The van der Waals surface area contributed by atoms with Gasteiger partial charge in [0, 0.05) is 28.1 Å². The molecule has 0 spiro atoms. The van der Waals surface area contributed by atoms with Gasteiger partial charge in [-0.3, -0.25) is 9.59 Å². The largest absolute Gasteiger partial charge is 0.461 e. The SMILES string of the molecule is [C-]#[N+]c1ccc(C(=O)c2ccc(Br)c(COC(C)=O)c2)cc1. The first-order valence-electron chi connectivity index (χ1n) is 6.45. The zero-order valence-electron chi connectivity index (χ0n) is 11.8. The van der Waals surface area contributed by atoms with E-state index in [1.165, 1.54) is 6.92 Å². The lowest BCUT2D eigenvalue weighted by atomic mass is 10.0. The Morgan fingerprint density at radius 1 is 1.14 bits per heavy atom. The molecule has 0 N–H and O–H groups in total. The molecule has 0 saturated carbocycles. The summed E-state index contributed by atoms with van der Waals surface area (Å²) in [6.45, 7) is 8.35. The summed E-state index contributed by atoms with van der Waals surface area (Å²) in [5.74, 6) is -0.522. The van der Waals surface area contributed by atoms with Crippen molar-refractivity contribution in [2.24, 2.45) is 0 Å². The highest BCUT2D eigenvalue weighted by molar-refractivity contribution is 9.10. The average molecular weight is 358 g/mol. The molecule has 0 amide bonds. The van der Waals surface area contributed by atoms with Gasteiger partial charge in [-0.05, 0) is 18.2 Å². The first-order valence-corrected chi connectivity index (χ1v) is 7.24. The molecular weight excluding hydrogens is 346 g/mol. The highest BCUT2D eigenvalue weighted by Crippen LogP contribution is 2.22. The van der Waals surface area contributed by atoms with Crippen molar-refractivity contribution in [3.63, 3.8) is 0 Å². The smallest absolute Gasteiger partial charge is 0.302 e. The van der Waals surface area contributed by atoms with Gasteiger partial charge in [-0.2, -0.15) is 0 Å². The molecule has 4 nitrogen and oxygen atoms in total. The van der Waals surface area contributed by atoms with Gasteiger partial charge in [0.15, 0.2) is 11.5 Å². The molecule has 0 aliphatic carbocycles. The summed E-state index contributed by atoms with van der Waals surface area (Å²) in [5.41, 5.74) is 2.22. The molecular formula is C17H12BrNO3. The molecule has 0 unspecified atom stereocenters. The number of nitrogens with zero attached hydrogens (tertiary/aromatic N) is 1. The minimum Gasteiger partial charge on any atom is -0.461 e. The third-order valence-corrected chi connectivity index (χ3v) is 3.77. The first-order chi connectivity index (χ1) is 10.5. The number of benzene rings is 2. The van der Waals surface area contributed by atoms with E-state index in [0.717, 1.165) is 10.0 Å². The molecule has 22 heavy (non-hydrogen) atoms. The van der Waals surface area contributed by atoms with Crippen LogP contribution in [0.1, 0.15) is 28.4 Å². The Bertz CT molecular complexity index is 760. The van der Waals surface area contributed by atoms with Crippen molar-refractivity contribution in [1.29, 1.82) is 0 Å². The van der Waals surface area contributed by atoms with Gasteiger partial charge < -0.3 is 4.74 Å². The van der Waals surface area contributed by atoms with E-state index in [2.05, 4.69) is 20.8 Å². The van der Waals surface area contributed by atoms with Crippen LogP contribution in [0.15, 0.2) is 46.9 Å². The fraction of sp³-hybridized carbons (Fsp3) is 0.118. The molecule has 0 fully saturated rings. The third-order valence-electron chi connectivity index (χ3n) is 3.00. The van der Waals surface area contributed by atoms with E-state index in [-0.39, 0.29) is 18.4 Å². The average Bonchev–Trinajstić information content (AvgIpc) is 2.53. The highest BCUT2D eigenvalue weighted by atomic mass is 79.9. The van der Waals surface area contributed by atoms with E-state index in [1.807, 2.05) is 0 Å². The second kappa shape index (κ2) is 7.01. The molecule has 0 aliphatic heterocycles. The van der Waals surface area contributed by atoms with Gasteiger partial charge in [-0.15, -0.1) is 0 Å². The number of hydrogen-bond acceptors (Lipinski definition) is 3. The molecule has 0 heterocycles. The van der Waals surface area contributed by atoms with Crippen LogP contribution in [0.5, 0.6) is 0 Å². The summed E-state index contributed by atoms with van der Waals surface area (Å²) in [7, 11) is 0. The van der Waals surface area contributed by atoms with E-state index in [0.29, 0.717) is 16.8 Å². The predicted octanol–water partition coefficient (Wildman–Crippen LogP) is 4.29. The number of ketones is 1. The maximum Gasteiger partial charge on any atom is 0.302 e. The van der Waals surface area contributed by atoms with Gasteiger partial charge in [-0.25, -0.2) is 4.85 Å². The molecule has 0 aliphatic rings. The Labute approximate surface area is 136 Å². The predicted molar refractivity (Wildman–Crippen MR) is 85.7 cm³/mol. The molecule has 5 heteroatoms. The highest BCUT2D eigenvalue weighted by Gasteiger charge is 2.12. The van der Waals surface area contributed by atoms with Crippen LogP contribution in [0.25, 0.3) is 4.85 Å². The van der Waals surface area contributed by atoms with Crippen LogP contribution < -0.4 is 0 Å². The fourth-order valence-electron chi connectivity index (χ4n) is 1.86. The lowest BCUT2D eigenvalue weighted by Crippen LogP contribution is -2.04. The molecule has 110 valence electrons. The van der Waals surface area contributed by atoms with E-state index >= 15 is 0 Å². The summed E-state index contributed by atoms with van der Waals surface area (Å²) in [6.07, 6.45) is 0. The van der Waals surface area contributed by atoms with E-state index in [9.17, 15) is 9.59 Å². The molecule has 0 bridgehead atoms. The van der Waals surface area contributed by atoms with Crippen molar-refractivity contribution in [2.75, 3.05) is 0 Å². The number of ether oxygens (including phenoxy) is 1. The van der Waals surface area contributed by atoms with Crippen molar-refractivity contribution in [1.82, 2.24) is 0 Å². The Hall–Kier alpha value is -2.45. The van der Waals surface area contributed by atoms with Crippen molar-refractivity contribution in [3.8, 4) is 0 Å². The summed E-state index contributed by atoms with van der Waals surface area (Å²) in [4.78, 5) is 26.6. The van der Waals surface area contributed by atoms with Crippen molar-refractivity contribution < 1.29 is 14.3 Å². The van der Waals surface area contributed by atoms with Gasteiger partial charge in [0.2, 0.25) is 0 Å². The normalized spacial score (nSPS) is 9.86. The van der Waals surface area contributed by atoms with E-state index in [1.54, 1.807) is 42.5 Å². The number of hydrogen-bond donors (Lipinski definition) is 0. The lowest BCUT2D eigenvalue weighted by Gasteiger charge is -2.08. The molecule has 2 aromatic rings. The standard InChI is InChI=1S/C17H12BrNO3/c1-11(20)22-10-14-9-13(5-8-16(14)18)17(21)12-3-6-15(19-2)7-4-12/h3-9H,10H2,1H3. The minimum atomic E-state index is -0.377. The van der Waals surface area contributed by atoms with Crippen LogP contribution in [0.3, 0.4) is 0 Å². The van der Waals surface area contributed by atoms with E-state index in [4.69, 9.17) is 11.3 Å². The monoisotopic (exact) mass is 357 g/mol. The number of carbonyl (C=O) groups excluding carboxylic acids is 2. The van der Waals surface area contributed by atoms with Gasteiger partial charge in [0.25, 0.3) is 0 Å². The number of halogens is 1. The quantitative estimate of drug-likeness (QED) is 0.465. The fourth-order valence-corrected chi connectivity index (χ4v) is 2.22. The maximum atomic E-state index is 12.4. The maximum absolute atomic E-state index is 12.4.